The Morgan fingerprint density at radius 2 is 1.77 bits per heavy atom. The van der Waals surface area contributed by atoms with E-state index in [1.807, 2.05) is 25.1 Å². The van der Waals surface area contributed by atoms with E-state index in [2.05, 4.69) is 27.4 Å². The predicted octanol–water partition coefficient (Wildman–Crippen LogP) is 5.52. The molecule has 0 saturated heterocycles. The van der Waals surface area contributed by atoms with E-state index >= 15 is 0 Å². The number of nitrogens with zero attached hydrogens (tertiary/aromatic N) is 2. The Labute approximate surface area is 186 Å². The molecule has 7 heteroatoms. The van der Waals surface area contributed by atoms with E-state index in [0.717, 1.165) is 12.8 Å². The number of carbonyl (C=O) groups is 1. The van der Waals surface area contributed by atoms with Gasteiger partial charge in [-0.1, -0.05) is 53.5 Å². The van der Waals surface area contributed by atoms with Gasteiger partial charge in [-0.2, -0.15) is 9.97 Å². The minimum absolute atomic E-state index is 0.210. The van der Waals surface area contributed by atoms with E-state index in [9.17, 15) is 4.79 Å². The summed E-state index contributed by atoms with van der Waals surface area (Å²) in [7, 11) is 0. The molecule has 1 heterocycles. The molecule has 156 valence electrons. The number of aryl methyl sites for hydroxylation is 2. The first-order valence-electron chi connectivity index (χ1n) is 9.78. The normalized spacial score (nSPS) is 10.7. The second-order valence-electron chi connectivity index (χ2n) is 6.75. The maximum atomic E-state index is 13.0. The fraction of sp³-hybridized carbons (Fsp3) is 0.261. The van der Waals surface area contributed by atoms with Gasteiger partial charge in [0.1, 0.15) is 0 Å². The topological polar surface area (TPSA) is 64.1 Å². The van der Waals surface area contributed by atoms with Crippen LogP contribution in [0.15, 0.2) is 48.5 Å². The molecule has 0 bridgehead atoms. The van der Waals surface area contributed by atoms with Gasteiger partial charge in [0.25, 0.3) is 5.91 Å². The number of nitrogens with one attached hydrogen (secondary N) is 1. The number of rotatable bonds is 8. The Bertz CT molecular complexity index is 1010. The van der Waals surface area contributed by atoms with E-state index in [-0.39, 0.29) is 11.9 Å². The van der Waals surface area contributed by atoms with Crippen LogP contribution in [-0.2, 0) is 6.42 Å². The number of amides is 1. The van der Waals surface area contributed by atoms with Crippen LogP contribution in [0.1, 0.15) is 35.0 Å². The van der Waals surface area contributed by atoms with Crippen LogP contribution in [0, 0.1) is 6.92 Å². The first-order chi connectivity index (χ1) is 14.5. The van der Waals surface area contributed by atoms with Crippen molar-refractivity contribution in [2.45, 2.75) is 26.7 Å². The Morgan fingerprint density at radius 1 is 1.07 bits per heavy atom. The van der Waals surface area contributed by atoms with Crippen molar-refractivity contribution < 1.29 is 9.53 Å². The number of carbonyl (C=O) groups excluding carboxylic acids is 1. The maximum Gasteiger partial charge on any atom is 0.317 e. The molecule has 0 aliphatic rings. The summed E-state index contributed by atoms with van der Waals surface area (Å²) in [5, 5.41) is 3.89. The Kier molecular flexibility index (Phi) is 7.66. The summed E-state index contributed by atoms with van der Waals surface area (Å²) in [4.78, 5) is 21.8. The second kappa shape index (κ2) is 10.4. The third-order valence-corrected chi connectivity index (χ3v) is 4.91. The summed E-state index contributed by atoms with van der Waals surface area (Å²) in [6, 6.07) is 15.4. The molecule has 0 aliphatic heterocycles. The lowest BCUT2D eigenvalue weighted by molar-refractivity contribution is 0.0952. The Balaban J connectivity index is 1.84. The van der Waals surface area contributed by atoms with Gasteiger partial charge in [-0.05, 0) is 50.5 Å². The average Bonchev–Trinajstić information content (AvgIpc) is 2.71. The number of aromatic nitrogens is 2. The third-order valence-electron chi connectivity index (χ3n) is 4.48. The average molecular weight is 444 g/mol. The van der Waals surface area contributed by atoms with Gasteiger partial charge in [-0.15, -0.1) is 0 Å². The summed E-state index contributed by atoms with van der Waals surface area (Å²) >= 11 is 12.3. The molecule has 1 N–H and O–H groups in total. The number of hydrogen-bond acceptors (Lipinski definition) is 4. The molecule has 1 aromatic heterocycles. The van der Waals surface area contributed by atoms with Gasteiger partial charge in [0.2, 0.25) is 0 Å². The van der Waals surface area contributed by atoms with E-state index in [4.69, 9.17) is 27.9 Å². The molecule has 3 aromatic rings. The second-order valence-corrected chi connectivity index (χ2v) is 7.62. The van der Waals surface area contributed by atoms with Gasteiger partial charge >= 0.3 is 6.01 Å². The molecule has 0 spiro atoms. The van der Waals surface area contributed by atoms with E-state index < -0.39 is 0 Å². The number of ether oxygens (including phenoxy) is 1. The molecule has 0 unspecified atom stereocenters. The van der Waals surface area contributed by atoms with Crippen LogP contribution in [0.5, 0.6) is 6.01 Å². The highest BCUT2D eigenvalue weighted by Crippen LogP contribution is 2.30. The number of hydrogen-bond donors (Lipinski definition) is 1. The van der Waals surface area contributed by atoms with Crippen LogP contribution in [0.2, 0.25) is 10.0 Å². The lowest BCUT2D eigenvalue weighted by atomic mass is 10.0. The summed E-state index contributed by atoms with van der Waals surface area (Å²) in [5.41, 5.74) is 3.22. The molecule has 0 radical (unpaired) electrons. The van der Waals surface area contributed by atoms with Gasteiger partial charge < -0.3 is 10.1 Å². The third kappa shape index (κ3) is 5.71. The zero-order valence-corrected chi connectivity index (χ0v) is 18.4. The smallest absolute Gasteiger partial charge is 0.317 e. The van der Waals surface area contributed by atoms with Crippen molar-refractivity contribution in [2.24, 2.45) is 0 Å². The molecule has 3 rings (SSSR count). The number of halogens is 2. The Morgan fingerprint density at radius 3 is 2.43 bits per heavy atom. The first kappa shape index (κ1) is 22.1. The fourth-order valence-corrected chi connectivity index (χ4v) is 3.67. The minimum Gasteiger partial charge on any atom is -0.464 e. The maximum absolute atomic E-state index is 13.0. The van der Waals surface area contributed by atoms with Gasteiger partial charge in [0.05, 0.1) is 23.6 Å². The molecule has 0 aliphatic carbocycles. The molecule has 0 atom stereocenters. The summed E-state index contributed by atoms with van der Waals surface area (Å²) in [6.45, 7) is 4.57. The van der Waals surface area contributed by atoms with Crippen LogP contribution < -0.4 is 10.1 Å². The molecule has 30 heavy (non-hydrogen) atoms. The van der Waals surface area contributed by atoms with Crippen molar-refractivity contribution >= 4 is 29.1 Å². The van der Waals surface area contributed by atoms with Crippen molar-refractivity contribution in [3.63, 3.8) is 0 Å². The van der Waals surface area contributed by atoms with Gasteiger partial charge in [0, 0.05) is 22.2 Å². The molecule has 0 fully saturated rings. The van der Waals surface area contributed by atoms with E-state index in [1.54, 1.807) is 25.1 Å². The van der Waals surface area contributed by atoms with Crippen molar-refractivity contribution in [2.75, 3.05) is 13.2 Å². The molecule has 1 amide bonds. The first-order valence-corrected chi connectivity index (χ1v) is 10.5. The van der Waals surface area contributed by atoms with Crippen LogP contribution in [-0.4, -0.2) is 29.0 Å². The monoisotopic (exact) mass is 443 g/mol. The largest absolute Gasteiger partial charge is 0.464 e. The predicted molar refractivity (Wildman–Crippen MR) is 120 cm³/mol. The van der Waals surface area contributed by atoms with Crippen LogP contribution in [0.25, 0.3) is 11.3 Å². The van der Waals surface area contributed by atoms with Crippen LogP contribution >= 0.6 is 23.2 Å². The van der Waals surface area contributed by atoms with Gasteiger partial charge in [0.15, 0.2) is 0 Å². The SMILES string of the molecule is CCOc1nc(C)c(C(=O)NCCCc2ccccc2)c(-c2cc(Cl)cc(Cl)c2)n1. The molecule has 5 nitrogen and oxygen atoms in total. The zero-order chi connectivity index (χ0) is 21.5. The summed E-state index contributed by atoms with van der Waals surface area (Å²) in [6.07, 6.45) is 1.71. The van der Waals surface area contributed by atoms with Crippen molar-refractivity contribution in [3.05, 3.63) is 75.4 Å². The standard InChI is InChI=1S/C23H23Cl2N3O2/c1-3-30-23-27-15(2)20(21(28-23)17-12-18(24)14-19(25)13-17)22(29)26-11-7-10-16-8-5-4-6-9-16/h4-6,8-9,12-14H,3,7,10-11H2,1-2H3,(H,26,29). The fourth-order valence-electron chi connectivity index (χ4n) is 3.14. The lowest BCUT2D eigenvalue weighted by Gasteiger charge is -2.14. The Hall–Kier alpha value is -2.63. The number of benzene rings is 2. The van der Waals surface area contributed by atoms with Crippen LogP contribution in [0.3, 0.4) is 0 Å². The van der Waals surface area contributed by atoms with Crippen LogP contribution in [0.4, 0.5) is 0 Å². The highest BCUT2D eigenvalue weighted by atomic mass is 35.5. The lowest BCUT2D eigenvalue weighted by Crippen LogP contribution is -2.27. The van der Waals surface area contributed by atoms with Crippen molar-refractivity contribution in [3.8, 4) is 17.3 Å². The molecule has 2 aromatic carbocycles. The highest BCUT2D eigenvalue weighted by Gasteiger charge is 2.21. The quantitative estimate of drug-likeness (QED) is 0.465. The molecular weight excluding hydrogens is 421 g/mol. The van der Waals surface area contributed by atoms with Gasteiger partial charge in [-0.3, -0.25) is 4.79 Å². The minimum atomic E-state index is -0.241. The molecular formula is C23H23Cl2N3O2. The molecule has 0 saturated carbocycles. The summed E-state index contributed by atoms with van der Waals surface area (Å²) < 4.78 is 5.47. The van der Waals surface area contributed by atoms with E-state index in [1.165, 1.54) is 5.56 Å². The van der Waals surface area contributed by atoms with Gasteiger partial charge in [-0.25, -0.2) is 0 Å². The van der Waals surface area contributed by atoms with E-state index in [0.29, 0.717) is 45.7 Å². The highest BCUT2D eigenvalue weighted by molar-refractivity contribution is 6.35. The zero-order valence-electron chi connectivity index (χ0n) is 16.9. The van der Waals surface area contributed by atoms with Crippen molar-refractivity contribution in [1.29, 1.82) is 0 Å². The van der Waals surface area contributed by atoms with Crippen molar-refractivity contribution in [1.82, 2.24) is 15.3 Å². The summed E-state index contributed by atoms with van der Waals surface area (Å²) in [5.74, 6) is -0.241.